The molecule has 0 aliphatic rings. The highest BCUT2D eigenvalue weighted by Gasteiger charge is 2.12. The van der Waals surface area contributed by atoms with Crippen LogP contribution in [0.25, 0.3) is 0 Å². The molecule has 0 aromatic heterocycles. The molecule has 1 unspecified atom stereocenters. The summed E-state index contributed by atoms with van der Waals surface area (Å²) in [5.41, 5.74) is 2.19. The molecule has 1 rings (SSSR count). The number of nitrogens with one attached hydrogen (secondary N) is 1. The smallest absolute Gasteiger partial charge is 0.310 e. The summed E-state index contributed by atoms with van der Waals surface area (Å²) in [6.07, 6.45) is 0. The minimum atomic E-state index is -0.192. The summed E-state index contributed by atoms with van der Waals surface area (Å²) in [7, 11) is 1.41. The van der Waals surface area contributed by atoms with Gasteiger partial charge in [-0.25, -0.2) is 0 Å². The first kappa shape index (κ1) is 13.0. The van der Waals surface area contributed by atoms with Gasteiger partial charge in [0.15, 0.2) is 0 Å². The molecule has 0 aliphatic heterocycles. The monoisotopic (exact) mass is 285 g/mol. The minimum absolute atomic E-state index is 0.145. The Morgan fingerprint density at radius 3 is 2.81 bits per heavy atom. The Kier molecular flexibility index (Phi) is 4.80. The molecule has 1 N–H and O–H groups in total. The van der Waals surface area contributed by atoms with Gasteiger partial charge in [-0.1, -0.05) is 22.9 Å². The lowest BCUT2D eigenvalue weighted by atomic mass is 10.1. The first-order valence-corrected chi connectivity index (χ1v) is 5.91. The van der Waals surface area contributed by atoms with Gasteiger partial charge in [-0.15, -0.1) is 0 Å². The second-order valence-corrected chi connectivity index (χ2v) is 4.68. The fraction of sp³-hybridized carbons (Fsp3) is 0.417. The highest BCUT2D eigenvalue weighted by atomic mass is 79.9. The summed E-state index contributed by atoms with van der Waals surface area (Å²) in [4.78, 5) is 11.2. The molecule has 16 heavy (non-hydrogen) atoms. The van der Waals surface area contributed by atoms with Crippen LogP contribution in [0.4, 0.5) is 5.69 Å². The first-order valence-electron chi connectivity index (χ1n) is 5.12. The van der Waals surface area contributed by atoms with Gasteiger partial charge in [0.2, 0.25) is 0 Å². The van der Waals surface area contributed by atoms with Gasteiger partial charge in [-0.2, -0.15) is 0 Å². The third-order valence-corrected chi connectivity index (χ3v) is 2.88. The van der Waals surface area contributed by atoms with E-state index in [0.717, 1.165) is 15.7 Å². The normalized spacial score (nSPS) is 12.0. The molecule has 0 heterocycles. The zero-order chi connectivity index (χ0) is 12.1. The predicted molar refractivity (Wildman–Crippen MR) is 68.5 cm³/mol. The third kappa shape index (κ3) is 3.52. The summed E-state index contributed by atoms with van der Waals surface area (Å²) in [5, 5.41) is 3.23. The van der Waals surface area contributed by atoms with Crippen molar-refractivity contribution >= 4 is 27.6 Å². The van der Waals surface area contributed by atoms with Crippen LogP contribution in [0.2, 0.25) is 0 Å². The molecule has 88 valence electrons. The van der Waals surface area contributed by atoms with Gasteiger partial charge in [0.1, 0.15) is 0 Å². The average Bonchev–Trinajstić information content (AvgIpc) is 2.26. The van der Waals surface area contributed by atoms with Gasteiger partial charge in [0.05, 0.1) is 13.0 Å². The first-order chi connectivity index (χ1) is 7.54. The van der Waals surface area contributed by atoms with E-state index in [1.807, 2.05) is 32.0 Å². The maximum Gasteiger partial charge on any atom is 0.310 e. The highest BCUT2D eigenvalue weighted by Crippen LogP contribution is 2.20. The van der Waals surface area contributed by atoms with Gasteiger partial charge in [-0.05, 0) is 30.7 Å². The Hall–Kier alpha value is -1.03. The van der Waals surface area contributed by atoms with E-state index in [9.17, 15) is 4.79 Å². The van der Waals surface area contributed by atoms with Crippen LogP contribution in [0.15, 0.2) is 22.7 Å². The molecule has 0 bridgehead atoms. The number of carbonyl (C=O) groups is 1. The van der Waals surface area contributed by atoms with Crippen molar-refractivity contribution in [2.75, 3.05) is 19.0 Å². The van der Waals surface area contributed by atoms with Crippen molar-refractivity contribution in [3.63, 3.8) is 0 Å². The Morgan fingerprint density at radius 1 is 1.56 bits per heavy atom. The van der Waals surface area contributed by atoms with E-state index in [-0.39, 0.29) is 11.9 Å². The van der Waals surface area contributed by atoms with Crippen LogP contribution in [0.5, 0.6) is 0 Å². The molecule has 0 amide bonds. The summed E-state index contributed by atoms with van der Waals surface area (Å²) in [6.45, 7) is 4.44. The largest absolute Gasteiger partial charge is 0.469 e. The van der Waals surface area contributed by atoms with Crippen molar-refractivity contribution in [3.8, 4) is 0 Å². The number of ether oxygens (including phenoxy) is 1. The summed E-state index contributed by atoms with van der Waals surface area (Å²) in [6, 6.07) is 5.99. The number of esters is 1. The molecule has 0 spiro atoms. The molecule has 1 aromatic carbocycles. The molecule has 0 fully saturated rings. The molecule has 0 saturated carbocycles. The van der Waals surface area contributed by atoms with Crippen molar-refractivity contribution < 1.29 is 9.53 Å². The summed E-state index contributed by atoms with van der Waals surface area (Å²) < 4.78 is 5.72. The van der Waals surface area contributed by atoms with Crippen molar-refractivity contribution in [1.29, 1.82) is 0 Å². The van der Waals surface area contributed by atoms with E-state index in [4.69, 9.17) is 0 Å². The SMILES string of the molecule is COC(=O)C(C)CNc1ccc(Br)cc1C. The van der Waals surface area contributed by atoms with E-state index in [2.05, 4.69) is 26.0 Å². The Bertz CT molecular complexity index is 379. The Morgan fingerprint density at radius 2 is 2.25 bits per heavy atom. The lowest BCUT2D eigenvalue weighted by molar-refractivity contribution is -0.144. The van der Waals surface area contributed by atoms with Gasteiger partial charge in [0.25, 0.3) is 0 Å². The Balaban J connectivity index is 2.58. The molecular formula is C12H16BrNO2. The van der Waals surface area contributed by atoms with E-state index in [0.29, 0.717) is 6.54 Å². The second-order valence-electron chi connectivity index (χ2n) is 3.76. The number of benzene rings is 1. The van der Waals surface area contributed by atoms with E-state index in [1.54, 1.807) is 0 Å². The maximum atomic E-state index is 11.2. The van der Waals surface area contributed by atoms with Crippen LogP contribution in [0.3, 0.4) is 0 Å². The van der Waals surface area contributed by atoms with E-state index in [1.165, 1.54) is 7.11 Å². The van der Waals surface area contributed by atoms with Crippen molar-refractivity contribution in [1.82, 2.24) is 0 Å². The summed E-state index contributed by atoms with van der Waals surface area (Å²) >= 11 is 3.41. The molecule has 3 nitrogen and oxygen atoms in total. The standard InChI is InChI=1S/C12H16BrNO2/c1-8-6-10(13)4-5-11(8)14-7-9(2)12(15)16-3/h4-6,9,14H,7H2,1-3H3. The van der Waals surface area contributed by atoms with E-state index < -0.39 is 0 Å². The predicted octanol–water partition coefficient (Wildman–Crippen LogP) is 2.98. The maximum absolute atomic E-state index is 11.2. The summed E-state index contributed by atoms with van der Waals surface area (Å²) in [5.74, 6) is -0.338. The zero-order valence-electron chi connectivity index (χ0n) is 9.71. The lowest BCUT2D eigenvalue weighted by Gasteiger charge is -2.13. The number of rotatable bonds is 4. The van der Waals surface area contributed by atoms with Crippen LogP contribution in [-0.2, 0) is 9.53 Å². The fourth-order valence-corrected chi connectivity index (χ4v) is 1.85. The van der Waals surface area contributed by atoms with Gasteiger partial charge in [-0.3, -0.25) is 4.79 Å². The van der Waals surface area contributed by atoms with Gasteiger partial charge >= 0.3 is 5.97 Å². The number of carbonyl (C=O) groups excluding carboxylic acids is 1. The quantitative estimate of drug-likeness (QED) is 0.865. The van der Waals surface area contributed by atoms with Crippen LogP contribution >= 0.6 is 15.9 Å². The van der Waals surface area contributed by atoms with Crippen LogP contribution in [0.1, 0.15) is 12.5 Å². The van der Waals surface area contributed by atoms with Crippen LogP contribution in [-0.4, -0.2) is 19.6 Å². The van der Waals surface area contributed by atoms with E-state index >= 15 is 0 Å². The molecule has 0 aliphatic carbocycles. The van der Waals surface area contributed by atoms with Crippen LogP contribution < -0.4 is 5.32 Å². The number of aryl methyl sites for hydroxylation is 1. The second kappa shape index (κ2) is 5.89. The fourth-order valence-electron chi connectivity index (χ4n) is 1.37. The van der Waals surface area contributed by atoms with Gasteiger partial charge < -0.3 is 10.1 Å². The third-order valence-electron chi connectivity index (χ3n) is 2.39. The van der Waals surface area contributed by atoms with Gasteiger partial charge in [0, 0.05) is 16.7 Å². The highest BCUT2D eigenvalue weighted by molar-refractivity contribution is 9.10. The van der Waals surface area contributed by atoms with Crippen molar-refractivity contribution in [2.24, 2.45) is 5.92 Å². The minimum Gasteiger partial charge on any atom is -0.469 e. The molecular weight excluding hydrogens is 270 g/mol. The molecule has 0 radical (unpaired) electrons. The zero-order valence-corrected chi connectivity index (χ0v) is 11.3. The van der Waals surface area contributed by atoms with Crippen molar-refractivity contribution in [2.45, 2.75) is 13.8 Å². The number of hydrogen-bond donors (Lipinski definition) is 1. The average molecular weight is 286 g/mol. The number of anilines is 1. The van der Waals surface area contributed by atoms with Crippen molar-refractivity contribution in [3.05, 3.63) is 28.2 Å². The number of hydrogen-bond acceptors (Lipinski definition) is 3. The number of halogens is 1. The topological polar surface area (TPSA) is 38.3 Å². The lowest BCUT2D eigenvalue weighted by Crippen LogP contribution is -2.21. The molecule has 4 heteroatoms. The van der Waals surface area contributed by atoms with Crippen LogP contribution in [0, 0.1) is 12.8 Å². The Labute approximate surface area is 104 Å². The molecule has 1 atom stereocenters. The number of methoxy groups -OCH3 is 1. The molecule has 1 aromatic rings. The molecule has 0 saturated heterocycles.